The molecule has 1 aromatic rings. The van der Waals surface area contributed by atoms with Crippen molar-refractivity contribution in [3.63, 3.8) is 0 Å². The number of aryl methyl sites for hydroxylation is 1. The van der Waals surface area contributed by atoms with Crippen molar-refractivity contribution in [3.05, 3.63) is 29.8 Å². The van der Waals surface area contributed by atoms with Gasteiger partial charge in [-0.3, -0.25) is 4.79 Å². The highest BCUT2D eigenvalue weighted by molar-refractivity contribution is 7.80. The molecular weight excluding hydrogens is 232 g/mol. The molecule has 92 valence electrons. The standard InChI is InChI=1S/C13H18N2OS/c1-8(2)11(12(14)17)13(16)15-10-7-5-4-6-9(10)3/h4-8,11H,1-3H3,(H2,14,17)(H,15,16). The van der Waals surface area contributed by atoms with Gasteiger partial charge in [-0.05, 0) is 24.5 Å². The molecule has 0 aliphatic carbocycles. The third kappa shape index (κ3) is 3.53. The quantitative estimate of drug-likeness (QED) is 0.807. The molecule has 0 aromatic heterocycles. The monoisotopic (exact) mass is 250 g/mol. The van der Waals surface area contributed by atoms with Gasteiger partial charge in [-0.1, -0.05) is 44.3 Å². The fourth-order valence-electron chi connectivity index (χ4n) is 1.68. The number of carbonyl (C=O) groups excluding carboxylic acids is 1. The Morgan fingerprint density at radius 1 is 1.35 bits per heavy atom. The number of thiocarbonyl (C=S) groups is 1. The van der Waals surface area contributed by atoms with Crippen molar-refractivity contribution in [3.8, 4) is 0 Å². The molecule has 0 bridgehead atoms. The Morgan fingerprint density at radius 3 is 2.41 bits per heavy atom. The first-order chi connectivity index (χ1) is 7.93. The van der Waals surface area contributed by atoms with Crippen LogP contribution in [-0.2, 0) is 4.79 Å². The molecule has 4 heteroatoms. The van der Waals surface area contributed by atoms with Crippen molar-refractivity contribution in [1.82, 2.24) is 0 Å². The molecule has 3 nitrogen and oxygen atoms in total. The Balaban J connectivity index is 2.85. The van der Waals surface area contributed by atoms with Crippen LogP contribution >= 0.6 is 12.2 Å². The van der Waals surface area contributed by atoms with Gasteiger partial charge in [0.1, 0.15) is 0 Å². The van der Waals surface area contributed by atoms with Gasteiger partial charge in [-0.25, -0.2) is 0 Å². The average Bonchev–Trinajstić information content (AvgIpc) is 2.20. The lowest BCUT2D eigenvalue weighted by Crippen LogP contribution is -2.36. The zero-order chi connectivity index (χ0) is 13.0. The van der Waals surface area contributed by atoms with E-state index in [1.807, 2.05) is 45.0 Å². The van der Waals surface area contributed by atoms with Crippen molar-refractivity contribution in [2.45, 2.75) is 20.8 Å². The smallest absolute Gasteiger partial charge is 0.234 e. The summed E-state index contributed by atoms with van der Waals surface area (Å²) in [5.41, 5.74) is 7.43. The number of nitrogens with two attached hydrogens (primary N) is 1. The normalized spacial score (nSPS) is 12.2. The Hall–Kier alpha value is -1.42. The fourth-order valence-corrected chi connectivity index (χ4v) is 2.06. The maximum absolute atomic E-state index is 12.1. The number of hydrogen-bond donors (Lipinski definition) is 2. The molecule has 0 aliphatic heterocycles. The summed E-state index contributed by atoms with van der Waals surface area (Å²) in [6.07, 6.45) is 0. The zero-order valence-electron chi connectivity index (χ0n) is 10.4. The summed E-state index contributed by atoms with van der Waals surface area (Å²) in [6, 6.07) is 7.62. The van der Waals surface area contributed by atoms with Gasteiger partial charge < -0.3 is 11.1 Å². The number of amides is 1. The lowest BCUT2D eigenvalue weighted by molar-refractivity contribution is -0.118. The molecule has 1 rings (SSSR count). The minimum Gasteiger partial charge on any atom is -0.393 e. The summed E-state index contributed by atoms with van der Waals surface area (Å²) < 4.78 is 0. The summed E-state index contributed by atoms with van der Waals surface area (Å²) in [7, 11) is 0. The highest BCUT2D eigenvalue weighted by Crippen LogP contribution is 2.18. The number of benzene rings is 1. The second-order valence-corrected chi connectivity index (χ2v) is 4.90. The number of nitrogens with one attached hydrogen (secondary N) is 1. The zero-order valence-corrected chi connectivity index (χ0v) is 11.2. The number of para-hydroxylation sites is 1. The van der Waals surface area contributed by atoms with E-state index in [2.05, 4.69) is 5.32 Å². The molecule has 1 aromatic carbocycles. The van der Waals surface area contributed by atoms with Crippen LogP contribution in [0.3, 0.4) is 0 Å². The Labute approximate surface area is 107 Å². The maximum atomic E-state index is 12.1. The second-order valence-electron chi connectivity index (χ2n) is 4.43. The first-order valence-corrected chi connectivity index (χ1v) is 6.00. The van der Waals surface area contributed by atoms with Crippen molar-refractivity contribution in [2.75, 3.05) is 5.32 Å². The van der Waals surface area contributed by atoms with Crippen molar-refractivity contribution in [1.29, 1.82) is 0 Å². The molecular formula is C13H18N2OS. The minimum atomic E-state index is -0.426. The van der Waals surface area contributed by atoms with E-state index < -0.39 is 5.92 Å². The van der Waals surface area contributed by atoms with Crippen LogP contribution in [-0.4, -0.2) is 10.9 Å². The van der Waals surface area contributed by atoms with Crippen LogP contribution in [0.25, 0.3) is 0 Å². The van der Waals surface area contributed by atoms with Crippen LogP contribution in [0.4, 0.5) is 5.69 Å². The second kappa shape index (κ2) is 5.77. The van der Waals surface area contributed by atoms with Gasteiger partial charge >= 0.3 is 0 Å². The van der Waals surface area contributed by atoms with E-state index in [-0.39, 0.29) is 16.8 Å². The van der Waals surface area contributed by atoms with Crippen LogP contribution in [0.2, 0.25) is 0 Å². The molecule has 1 atom stereocenters. The van der Waals surface area contributed by atoms with Crippen LogP contribution in [0.5, 0.6) is 0 Å². The van der Waals surface area contributed by atoms with Crippen molar-refractivity contribution in [2.24, 2.45) is 17.6 Å². The summed E-state index contributed by atoms with van der Waals surface area (Å²) in [5, 5.41) is 2.87. The summed E-state index contributed by atoms with van der Waals surface area (Å²) in [5.74, 6) is -0.470. The molecule has 0 aliphatic rings. The van der Waals surface area contributed by atoms with E-state index in [9.17, 15) is 4.79 Å². The molecule has 1 unspecified atom stereocenters. The minimum absolute atomic E-state index is 0.0940. The van der Waals surface area contributed by atoms with Gasteiger partial charge in [0.25, 0.3) is 0 Å². The SMILES string of the molecule is Cc1ccccc1NC(=O)C(C(N)=S)C(C)C. The number of carbonyl (C=O) groups is 1. The lowest BCUT2D eigenvalue weighted by Gasteiger charge is -2.19. The molecule has 3 N–H and O–H groups in total. The van der Waals surface area contributed by atoms with Gasteiger partial charge in [-0.15, -0.1) is 0 Å². The van der Waals surface area contributed by atoms with E-state index in [0.717, 1.165) is 11.3 Å². The first kappa shape index (κ1) is 13.6. The van der Waals surface area contributed by atoms with Gasteiger partial charge in [0.05, 0.1) is 10.9 Å². The van der Waals surface area contributed by atoms with Gasteiger partial charge in [0.15, 0.2) is 0 Å². The lowest BCUT2D eigenvalue weighted by atomic mass is 9.95. The van der Waals surface area contributed by atoms with Gasteiger partial charge in [0, 0.05) is 5.69 Å². The molecule has 0 saturated heterocycles. The Morgan fingerprint density at radius 2 is 1.94 bits per heavy atom. The van der Waals surface area contributed by atoms with Gasteiger partial charge in [0.2, 0.25) is 5.91 Å². The van der Waals surface area contributed by atoms with Crippen LogP contribution in [0, 0.1) is 18.8 Å². The topological polar surface area (TPSA) is 55.1 Å². The third-order valence-corrected chi connectivity index (χ3v) is 2.91. The first-order valence-electron chi connectivity index (χ1n) is 5.59. The van der Waals surface area contributed by atoms with Crippen LogP contribution < -0.4 is 11.1 Å². The van der Waals surface area contributed by atoms with E-state index in [1.165, 1.54) is 0 Å². The van der Waals surface area contributed by atoms with Crippen molar-refractivity contribution >= 4 is 28.8 Å². The molecule has 0 spiro atoms. The van der Waals surface area contributed by atoms with Crippen LogP contribution in [0.15, 0.2) is 24.3 Å². The highest BCUT2D eigenvalue weighted by Gasteiger charge is 2.25. The Kier molecular flexibility index (Phi) is 4.63. The maximum Gasteiger partial charge on any atom is 0.234 e. The third-order valence-electron chi connectivity index (χ3n) is 2.66. The largest absolute Gasteiger partial charge is 0.393 e. The number of rotatable bonds is 4. The average molecular weight is 250 g/mol. The predicted octanol–water partition coefficient (Wildman–Crippen LogP) is 2.49. The van der Waals surface area contributed by atoms with E-state index in [1.54, 1.807) is 0 Å². The van der Waals surface area contributed by atoms with Crippen molar-refractivity contribution < 1.29 is 4.79 Å². The molecule has 0 heterocycles. The number of anilines is 1. The molecule has 0 radical (unpaired) electrons. The van der Waals surface area contributed by atoms with E-state index >= 15 is 0 Å². The number of hydrogen-bond acceptors (Lipinski definition) is 2. The summed E-state index contributed by atoms with van der Waals surface area (Å²) >= 11 is 4.94. The summed E-state index contributed by atoms with van der Waals surface area (Å²) in [6.45, 7) is 5.81. The fraction of sp³-hybridized carbons (Fsp3) is 0.385. The Bertz CT molecular complexity index is 429. The predicted molar refractivity (Wildman–Crippen MR) is 74.9 cm³/mol. The summed E-state index contributed by atoms with van der Waals surface area (Å²) in [4.78, 5) is 12.3. The van der Waals surface area contributed by atoms with Crippen LogP contribution in [0.1, 0.15) is 19.4 Å². The molecule has 1 amide bonds. The molecule has 0 fully saturated rings. The molecule has 0 saturated carbocycles. The van der Waals surface area contributed by atoms with E-state index in [4.69, 9.17) is 18.0 Å². The highest BCUT2D eigenvalue weighted by atomic mass is 32.1. The van der Waals surface area contributed by atoms with E-state index in [0.29, 0.717) is 0 Å². The molecule has 17 heavy (non-hydrogen) atoms. The van der Waals surface area contributed by atoms with Gasteiger partial charge in [-0.2, -0.15) is 0 Å².